The molecule has 0 radical (unpaired) electrons. The number of anilines is 1. The smallest absolute Gasteiger partial charge is 0.409 e. The Kier molecular flexibility index (Phi) is 13.7. The molecule has 15 heteroatoms. The summed E-state index contributed by atoms with van der Waals surface area (Å²) in [6, 6.07) is 2.78. The summed E-state index contributed by atoms with van der Waals surface area (Å²) in [5, 5.41) is 14.5. The van der Waals surface area contributed by atoms with Crippen molar-refractivity contribution in [3.8, 4) is 5.75 Å². The Labute approximate surface area is 315 Å². The molecule has 3 heterocycles. The van der Waals surface area contributed by atoms with E-state index in [0.717, 1.165) is 11.1 Å². The maximum Gasteiger partial charge on any atom is 0.409 e. The molecule has 288 valence electrons. The number of ether oxygens (including phenoxy) is 5. The molecule has 3 aliphatic rings. The summed E-state index contributed by atoms with van der Waals surface area (Å²) >= 11 is 8.30. The number of nitrogens with zero attached hydrogens (tertiary/aromatic N) is 2. The van der Waals surface area contributed by atoms with Crippen molar-refractivity contribution in [1.29, 1.82) is 0 Å². The van der Waals surface area contributed by atoms with Crippen molar-refractivity contribution in [1.82, 2.24) is 10.2 Å². The third kappa shape index (κ3) is 9.25. The Morgan fingerprint density at radius 1 is 1.27 bits per heavy atom. The lowest BCUT2D eigenvalue weighted by Gasteiger charge is -2.42. The maximum atomic E-state index is 14.1. The van der Waals surface area contributed by atoms with E-state index < -0.39 is 59.6 Å². The van der Waals surface area contributed by atoms with Crippen LogP contribution < -0.4 is 15.0 Å². The summed E-state index contributed by atoms with van der Waals surface area (Å²) in [7, 11) is 6.13. The highest BCUT2D eigenvalue weighted by Gasteiger charge is 2.63. The van der Waals surface area contributed by atoms with E-state index in [4.69, 9.17) is 35.3 Å². The van der Waals surface area contributed by atoms with Gasteiger partial charge in [0.2, 0.25) is 11.8 Å². The number of amides is 3. The number of rotatable bonds is 9. The molecule has 0 spiro atoms. The number of fused-ring (bicyclic) bond motifs is 5. The van der Waals surface area contributed by atoms with Crippen LogP contribution in [0.1, 0.15) is 52.5 Å². The third-order valence-corrected chi connectivity index (χ3v) is 11.4. The molecule has 13 nitrogen and oxygen atoms in total. The number of aliphatic hydroxyl groups is 1. The van der Waals surface area contributed by atoms with Gasteiger partial charge in [0.15, 0.2) is 5.72 Å². The van der Waals surface area contributed by atoms with Crippen LogP contribution in [-0.4, -0.2) is 116 Å². The summed E-state index contributed by atoms with van der Waals surface area (Å²) in [5.74, 6) is -1.21. The van der Waals surface area contributed by atoms with Crippen LogP contribution in [0.15, 0.2) is 35.9 Å². The Morgan fingerprint density at radius 2 is 1.98 bits per heavy atom. The molecule has 1 aromatic carbocycles. The minimum atomic E-state index is -1.79. The first-order chi connectivity index (χ1) is 24.5. The highest BCUT2D eigenvalue weighted by molar-refractivity contribution is 7.98. The molecule has 2 N–H and O–H groups in total. The van der Waals surface area contributed by atoms with Gasteiger partial charge in [0.1, 0.15) is 29.0 Å². The molecule has 52 heavy (non-hydrogen) atoms. The zero-order valence-electron chi connectivity index (χ0n) is 31.4. The molecule has 0 unspecified atom stereocenters. The second kappa shape index (κ2) is 17.2. The first-order valence-corrected chi connectivity index (χ1v) is 19.1. The predicted molar refractivity (Wildman–Crippen MR) is 199 cm³/mol. The first kappa shape index (κ1) is 41.5. The lowest BCUT2D eigenvalue weighted by Crippen LogP contribution is -2.63. The monoisotopic (exact) mass is 765 g/mol. The molecular weight excluding hydrogens is 714 g/mol. The number of esters is 1. The number of alkyl carbamates (subject to hydrolysis) is 1. The average Bonchev–Trinajstić information content (AvgIpc) is 3.80. The minimum Gasteiger partial charge on any atom is -0.495 e. The SMILES string of the molecule is COc1cc2cc(c1Cl)N(C)C(=O)C[C@H](COC(=O)[C@H](C)N(C)C(=O)CCSC)[C@]1(C)O[C@H]1[C@H](C)[C@@H]1C[C@@](O)(NC(=O)O1)[C@H](OC)/C=C/C=C(\C)C2. The Balaban J connectivity index is 1.72. The van der Waals surface area contributed by atoms with Gasteiger partial charge < -0.3 is 38.6 Å². The number of thioether (sulfide) groups is 1. The van der Waals surface area contributed by atoms with Gasteiger partial charge in [-0.25, -0.2) is 9.59 Å². The van der Waals surface area contributed by atoms with Gasteiger partial charge in [-0.2, -0.15) is 11.8 Å². The number of allylic oxidation sites excluding steroid dienone is 3. The summed E-state index contributed by atoms with van der Waals surface area (Å²) in [6.07, 6.45) is 4.80. The molecule has 2 saturated heterocycles. The van der Waals surface area contributed by atoms with Crippen molar-refractivity contribution in [3.63, 3.8) is 0 Å². The second-order valence-electron chi connectivity index (χ2n) is 14.0. The van der Waals surface area contributed by atoms with Crippen LogP contribution in [0.25, 0.3) is 0 Å². The van der Waals surface area contributed by atoms with Crippen LogP contribution in [0.3, 0.4) is 0 Å². The number of benzene rings is 1. The van der Waals surface area contributed by atoms with Gasteiger partial charge in [0, 0.05) is 58.1 Å². The van der Waals surface area contributed by atoms with E-state index in [0.29, 0.717) is 23.6 Å². The molecule has 4 bridgehead atoms. The number of nitrogens with one attached hydrogen (secondary N) is 1. The molecule has 2 fully saturated rings. The summed E-state index contributed by atoms with van der Waals surface area (Å²) < 4.78 is 29.0. The summed E-state index contributed by atoms with van der Waals surface area (Å²) in [4.78, 5) is 55.7. The van der Waals surface area contributed by atoms with Crippen LogP contribution in [0.5, 0.6) is 5.75 Å². The highest BCUT2D eigenvalue weighted by atomic mass is 35.5. The summed E-state index contributed by atoms with van der Waals surface area (Å²) in [5.41, 5.74) is -0.572. The number of epoxide rings is 1. The van der Waals surface area contributed by atoms with Gasteiger partial charge in [-0.3, -0.25) is 14.9 Å². The van der Waals surface area contributed by atoms with Gasteiger partial charge in [0.25, 0.3) is 0 Å². The second-order valence-corrected chi connectivity index (χ2v) is 15.4. The van der Waals surface area contributed by atoms with Crippen molar-refractivity contribution in [2.24, 2.45) is 11.8 Å². The van der Waals surface area contributed by atoms with Crippen molar-refractivity contribution in [2.45, 2.75) is 89.1 Å². The molecule has 0 aromatic heterocycles. The number of likely N-dealkylation sites (N-methyl/N-ethyl adjacent to an activating group) is 1. The molecule has 8 atom stereocenters. The van der Waals surface area contributed by atoms with E-state index in [1.807, 2.05) is 45.2 Å². The fraction of sp³-hybridized carbons (Fsp3) is 0.622. The van der Waals surface area contributed by atoms with Crippen LogP contribution in [0.2, 0.25) is 5.02 Å². The van der Waals surface area contributed by atoms with E-state index in [1.165, 1.54) is 35.8 Å². The van der Waals surface area contributed by atoms with Crippen LogP contribution >= 0.6 is 23.4 Å². The van der Waals surface area contributed by atoms with Gasteiger partial charge in [-0.05, 0) is 51.1 Å². The Hall–Kier alpha value is -3.30. The molecule has 3 amide bonds. The van der Waals surface area contributed by atoms with Crippen LogP contribution in [0, 0.1) is 11.8 Å². The van der Waals surface area contributed by atoms with Gasteiger partial charge in [-0.1, -0.05) is 42.3 Å². The Morgan fingerprint density at radius 3 is 2.63 bits per heavy atom. The lowest BCUT2D eigenvalue weighted by molar-refractivity contribution is -0.155. The van der Waals surface area contributed by atoms with E-state index in [1.54, 1.807) is 33.2 Å². The highest BCUT2D eigenvalue weighted by Crippen LogP contribution is 2.51. The minimum absolute atomic E-state index is 0.0126. The third-order valence-electron chi connectivity index (χ3n) is 10.4. The van der Waals surface area contributed by atoms with Crippen LogP contribution in [0.4, 0.5) is 10.5 Å². The number of hydrogen-bond acceptors (Lipinski definition) is 11. The van der Waals surface area contributed by atoms with Gasteiger partial charge >= 0.3 is 12.1 Å². The topological polar surface area (TPSA) is 156 Å². The van der Waals surface area contributed by atoms with Crippen molar-refractivity contribution < 1.29 is 48.0 Å². The number of halogens is 1. The average molecular weight is 766 g/mol. The molecular formula is C37H52ClN3O10S. The molecule has 1 aromatic rings. The lowest BCUT2D eigenvalue weighted by atomic mass is 9.80. The molecule has 4 rings (SSSR count). The normalized spacial score (nSPS) is 31.6. The molecule has 0 aliphatic carbocycles. The Bertz CT molecular complexity index is 1570. The quantitative estimate of drug-likeness (QED) is 0.269. The molecule has 3 aliphatic heterocycles. The predicted octanol–water partition coefficient (Wildman–Crippen LogP) is 4.52. The fourth-order valence-electron chi connectivity index (χ4n) is 6.84. The van der Waals surface area contributed by atoms with Crippen molar-refractivity contribution in [3.05, 3.63) is 46.5 Å². The van der Waals surface area contributed by atoms with Crippen LogP contribution in [-0.2, 0) is 39.8 Å². The number of carbonyl (C=O) groups excluding carboxylic acids is 4. The van der Waals surface area contributed by atoms with Crippen molar-refractivity contribution >= 4 is 52.9 Å². The maximum absolute atomic E-state index is 14.1. The number of hydrogen-bond donors (Lipinski definition) is 2. The zero-order valence-corrected chi connectivity index (χ0v) is 33.0. The standard InChI is InChI=1S/C37H52ClN3O10S/c1-21-11-10-12-29(48-8)37(46)19-28(50-35(45)39-37)22(2)33-36(4,51-33)25(20-49-34(44)23(3)40(5)30(42)13-14-52-9)18-31(43)41(6)26-16-24(15-21)17-27(47-7)32(26)38/h10-12,16-17,22-23,25,28-29,33,46H,13-15,18-20H2,1-9H3,(H,39,45)/b12-10+,21-11+/t22-,23+,25-,28+,29-,33+,36+,37+/m1/s1. The largest absolute Gasteiger partial charge is 0.495 e. The number of carbonyl (C=O) groups is 4. The van der Waals surface area contributed by atoms with Gasteiger partial charge in [0.05, 0.1) is 31.1 Å². The van der Waals surface area contributed by atoms with Gasteiger partial charge in [-0.15, -0.1) is 0 Å². The fourth-order valence-corrected chi connectivity index (χ4v) is 7.53. The van der Waals surface area contributed by atoms with E-state index in [9.17, 15) is 24.3 Å². The van der Waals surface area contributed by atoms with E-state index in [2.05, 4.69) is 5.32 Å². The molecule has 0 saturated carbocycles. The summed E-state index contributed by atoms with van der Waals surface area (Å²) in [6.45, 7) is 7.01. The van der Waals surface area contributed by atoms with E-state index >= 15 is 0 Å². The van der Waals surface area contributed by atoms with Crippen molar-refractivity contribution in [2.75, 3.05) is 51.8 Å². The number of methoxy groups -OCH3 is 2. The zero-order chi connectivity index (χ0) is 38.5. The first-order valence-electron chi connectivity index (χ1n) is 17.3. The van der Waals surface area contributed by atoms with E-state index in [-0.39, 0.29) is 42.7 Å².